The second kappa shape index (κ2) is 5.49. The highest BCUT2D eigenvalue weighted by Crippen LogP contribution is 2.28. The highest BCUT2D eigenvalue weighted by molar-refractivity contribution is 9.10. The number of rotatable bonds is 3. The van der Waals surface area contributed by atoms with E-state index in [0.29, 0.717) is 22.0 Å². The Morgan fingerprint density at radius 1 is 1.17 bits per heavy atom. The molecule has 1 aromatic carbocycles. The molecule has 2 rings (SSSR count). The average Bonchev–Trinajstić information content (AvgIpc) is 2.41. The molecule has 1 N–H and O–H groups in total. The van der Waals surface area contributed by atoms with Crippen molar-refractivity contribution in [1.29, 1.82) is 0 Å². The van der Waals surface area contributed by atoms with Crippen LogP contribution in [0, 0.1) is 4.64 Å². The Bertz CT molecular complexity index is 605. The Morgan fingerprint density at radius 3 is 2.28 bits per heavy atom. The number of H-pyrrole nitrogens is 1. The van der Waals surface area contributed by atoms with Gasteiger partial charge in [-0.25, -0.2) is 4.98 Å². The average molecular weight is 327 g/mol. The first-order valence-electron chi connectivity index (χ1n) is 5.12. The zero-order valence-electron chi connectivity index (χ0n) is 9.86. The summed E-state index contributed by atoms with van der Waals surface area (Å²) in [6.45, 7) is 0. The first-order chi connectivity index (χ1) is 8.63. The number of hydrogen-bond donors (Lipinski definition) is 1. The molecule has 18 heavy (non-hydrogen) atoms. The maximum atomic E-state index is 5.22. The summed E-state index contributed by atoms with van der Waals surface area (Å²) in [5.74, 6) is 2.07. The molecule has 0 unspecified atom stereocenters. The van der Waals surface area contributed by atoms with Gasteiger partial charge in [-0.3, -0.25) is 0 Å². The van der Waals surface area contributed by atoms with Gasteiger partial charge in [0.2, 0.25) is 0 Å². The van der Waals surface area contributed by atoms with Crippen molar-refractivity contribution in [3.05, 3.63) is 33.5 Å². The minimum absolute atomic E-state index is 0.599. The van der Waals surface area contributed by atoms with Crippen molar-refractivity contribution >= 4 is 28.1 Å². The molecule has 0 saturated heterocycles. The van der Waals surface area contributed by atoms with Gasteiger partial charge in [-0.15, -0.1) is 0 Å². The fraction of sp³-hybridized carbons (Fsp3) is 0.167. The van der Waals surface area contributed by atoms with Crippen molar-refractivity contribution < 1.29 is 9.47 Å². The third kappa shape index (κ3) is 2.70. The molecule has 0 spiro atoms. The summed E-state index contributed by atoms with van der Waals surface area (Å²) < 4.78 is 11.8. The molecule has 0 aliphatic heterocycles. The number of nitrogens with zero attached hydrogens (tertiary/aromatic N) is 1. The van der Waals surface area contributed by atoms with Crippen LogP contribution in [0.5, 0.6) is 11.5 Å². The van der Waals surface area contributed by atoms with E-state index in [2.05, 4.69) is 25.9 Å². The molecule has 1 aromatic heterocycles. The summed E-state index contributed by atoms with van der Waals surface area (Å²) in [4.78, 5) is 7.32. The monoisotopic (exact) mass is 326 g/mol. The quantitative estimate of drug-likeness (QED) is 0.875. The molecule has 0 bridgehead atoms. The second-order valence-corrected chi connectivity index (χ2v) is 4.77. The van der Waals surface area contributed by atoms with Crippen molar-refractivity contribution in [2.75, 3.05) is 14.2 Å². The molecule has 0 aliphatic carbocycles. The van der Waals surface area contributed by atoms with Gasteiger partial charge >= 0.3 is 0 Å². The lowest BCUT2D eigenvalue weighted by Crippen LogP contribution is -1.93. The van der Waals surface area contributed by atoms with Crippen molar-refractivity contribution in [3.8, 4) is 22.9 Å². The number of hydrogen-bond acceptors (Lipinski definition) is 4. The summed E-state index contributed by atoms with van der Waals surface area (Å²) in [6.07, 6.45) is 1.67. The van der Waals surface area contributed by atoms with Crippen LogP contribution in [0.1, 0.15) is 0 Å². The molecular weight excluding hydrogens is 316 g/mol. The van der Waals surface area contributed by atoms with E-state index < -0.39 is 0 Å². The Balaban J connectivity index is 2.55. The molecule has 4 nitrogen and oxygen atoms in total. The van der Waals surface area contributed by atoms with Gasteiger partial charge in [0, 0.05) is 17.8 Å². The fourth-order valence-corrected chi connectivity index (χ4v) is 1.82. The maximum Gasteiger partial charge on any atom is 0.138 e. The lowest BCUT2D eigenvalue weighted by Gasteiger charge is -2.08. The zero-order valence-corrected chi connectivity index (χ0v) is 12.3. The van der Waals surface area contributed by atoms with Crippen LogP contribution in [-0.2, 0) is 0 Å². The second-order valence-electron chi connectivity index (χ2n) is 3.51. The van der Waals surface area contributed by atoms with E-state index in [1.54, 1.807) is 26.5 Å². The Kier molecular flexibility index (Phi) is 3.98. The first-order valence-corrected chi connectivity index (χ1v) is 6.32. The van der Waals surface area contributed by atoms with Crippen LogP contribution >= 0.6 is 28.1 Å². The predicted molar refractivity (Wildman–Crippen MR) is 75.7 cm³/mol. The number of methoxy groups -OCH3 is 2. The van der Waals surface area contributed by atoms with E-state index in [4.69, 9.17) is 21.7 Å². The molecule has 1 heterocycles. The molecule has 94 valence electrons. The van der Waals surface area contributed by atoms with Crippen molar-refractivity contribution in [3.63, 3.8) is 0 Å². The summed E-state index contributed by atoms with van der Waals surface area (Å²) in [5, 5.41) is 0. The number of aromatic nitrogens is 2. The van der Waals surface area contributed by atoms with E-state index in [-0.39, 0.29) is 0 Å². The predicted octanol–water partition coefficient (Wildman–Crippen LogP) is 3.59. The molecule has 0 aliphatic rings. The molecular formula is C12H11BrN2O2S. The summed E-state index contributed by atoms with van der Waals surface area (Å²) >= 11 is 8.47. The van der Waals surface area contributed by atoms with Gasteiger partial charge < -0.3 is 14.5 Å². The normalized spacial score (nSPS) is 10.2. The third-order valence-corrected chi connectivity index (χ3v) is 3.57. The Hall–Kier alpha value is -1.40. The van der Waals surface area contributed by atoms with Crippen LogP contribution < -0.4 is 9.47 Å². The van der Waals surface area contributed by atoms with Crippen LogP contribution in [0.3, 0.4) is 0 Å². The minimum atomic E-state index is 0.599. The van der Waals surface area contributed by atoms with E-state index in [1.165, 1.54) is 0 Å². The number of nitrogens with one attached hydrogen (secondary N) is 1. The van der Waals surface area contributed by atoms with Crippen LogP contribution in [-0.4, -0.2) is 24.2 Å². The van der Waals surface area contributed by atoms with E-state index in [9.17, 15) is 0 Å². The topological polar surface area (TPSA) is 47.1 Å². The number of aromatic amines is 1. The molecule has 2 aromatic rings. The standard InChI is InChI=1S/C12H11BrN2O2S/c1-16-8-3-7(4-9(5-8)17-2)11-14-6-10(13)12(18)15-11/h3-6H,1-2H3,(H,14,15,18). The van der Waals surface area contributed by atoms with E-state index in [0.717, 1.165) is 10.0 Å². The summed E-state index contributed by atoms with van der Waals surface area (Å²) in [7, 11) is 3.21. The third-order valence-electron chi connectivity index (χ3n) is 2.38. The Morgan fingerprint density at radius 2 is 1.78 bits per heavy atom. The molecule has 6 heteroatoms. The summed E-state index contributed by atoms with van der Waals surface area (Å²) in [5.41, 5.74) is 0.852. The van der Waals surface area contributed by atoms with Gasteiger partial charge in [0.05, 0.1) is 18.7 Å². The molecule has 0 saturated carbocycles. The van der Waals surface area contributed by atoms with Gasteiger partial charge in [0.25, 0.3) is 0 Å². The van der Waals surface area contributed by atoms with Gasteiger partial charge in [-0.05, 0) is 28.1 Å². The number of ether oxygens (including phenoxy) is 2. The van der Waals surface area contributed by atoms with E-state index >= 15 is 0 Å². The van der Waals surface area contributed by atoms with Crippen LogP contribution in [0.4, 0.5) is 0 Å². The van der Waals surface area contributed by atoms with Crippen molar-refractivity contribution in [2.45, 2.75) is 0 Å². The Labute approximate surface area is 118 Å². The minimum Gasteiger partial charge on any atom is -0.497 e. The van der Waals surface area contributed by atoms with Crippen molar-refractivity contribution in [1.82, 2.24) is 9.97 Å². The van der Waals surface area contributed by atoms with Crippen LogP contribution in [0.15, 0.2) is 28.9 Å². The number of benzene rings is 1. The molecule has 0 amide bonds. The molecule has 0 atom stereocenters. The first kappa shape index (κ1) is 13.0. The van der Waals surface area contributed by atoms with Gasteiger partial charge in [0.15, 0.2) is 0 Å². The fourth-order valence-electron chi connectivity index (χ4n) is 1.47. The lowest BCUT2D eigenvalue weighted by atomic mass is 10.2. The molecule has 0 fully saturated rings. The van der Waals surface area contributed by atoms with Gasteiger partial charge in [-0.1, -0.05) is 12.2 Å². The van der Waals surface area contributed by atoms with Crippen LogP contribution in [0.25, 0.3) is 11.4 Å². The van der Waals surface area contributed by atoms with Gasteiger partial charge in [0.1, 0.15) is 22.0 Å². The van der Waals surface area contributed by atoms with Gasteiger partial charge in [-0.2, -0.15) is 0 Å². The highest BCUT2D eigenvalue weighted by atomic mass is 79.9. The number of halogens is 1. The largest absolute Gasteiger partial charge is 0.497 e. The zero-order chi connectivity index (χ0) is 13.1. The van der Waals surface area contributed by atoms with E-state index in [1.807, 2.05) is 12.1 Å². The highest BCUT2D eigenvalue weighted by Gasteiger charge is 2.06. The maximum absolute atomic E-state index is 5.22. The van der Waals surface area contributed by atoms with Crippen molar-refractivity contribution in [2.24, 2.45) is 0 Å². The van der Waals surface area contributed by atoms with Crippen LogP contribution in [0.2, 0.25) is 0 Å². The SMILES string of the molecule is COc1cc(OC)cc(-c2ncc(Br)c(=S)[nH]2)c1. The smallest absolute Gasteiger partial charge is 0.138 e. The summed E-state index contributed by atoms with van der Waals surface area (Å²) in [6, 6.07) is 5.53. The molecule has 0 radical (unpaired) electrons. The lowest BCUT2D eigenvalue weighted by molar-refractivity contribution is 0.394.